The quantitative estimate of drug-likeness (QED) is 0.892. The van der Waals surface area contributed by atoms with Gasteiger partial charge in [0.2, 0.25) is 0 Å². The molecule has 0 aromatic heterocycles. The van der Waals surface area contributed by atoms with Crippen LogP contribution in [-0.2, 0) is 10.8 Å². The van der Waals surface area contributed by atoms with Crippen LogP contribution < -0.4 is 5.32 Å². The molecule has 1 aliphatic heterocycles. The van der Waals surface area contributed by atoms with Crippen LogP contribution in [0.2, 0.25) is 0 Å². The second kappa shape index (κ2) is 7.17. The summed E-state index contributed by atoms with van der Waals surface area (Å²) >= 11 is 0. The van der Waals surface area contributed by atoms with E-state index in [9.17, 15) is 4.21 Å². The van der Waals surface area contributed by atoms with Crippen LogP contribution in [0.15, 0.2) is 30.3 Å². The Morgan fingerprint density at radius 1 is 1.37 bits per heavy atom. The van der Waals surface area contributed by atoms with E-state index < -0.39 is 10.8 Å². The van der Waals surface area contributed by atoms with Gasteiger partial charge in [0.05, 0.1) is 0 Å². The van der Waals surface area contributed by atoms with Crippen LogP contribution in [0.3, 0.4) is 0 Å². The number of nitrogens with zero attached hydrogens (tertiary/aromatic N) is 1. The maximum absolute atomic E-state index is 11.3. The highest BCUT2D eigenvalue weighted by atomic mass is 32.2. The van der Waals surface area contributed by atoms with Crippen LogP contribution in [-0.4, -0.2) is 46.8 Å². The van der Waals surface area contributed by atoms with Crippen LogP contribution in [0.5, 0.6) is 0 Å². The molecule has 0 saturated carbocycles. The molecule has 3 atom stereocenters. The fourth-order valence-corrected chi connectivity index (χ4v) is 3.18. The van der Waals surface area contributed by atoms with Crippen LogP contribution in [0.25, 0.3) is 0 Å². The first-order valence-electron chi connectivity index (χ1n) is 7.03. The fraction of sp³-hybridized carbons (Fsp3) is 0.600. The molecule has 4 heteroatoms. The summed E-state index contributed by atoms with van der Waals surface area (Å²) in [6.45, 7) is 5.20. The topological polar surface area (TPSA) is 32.3 Å². The normalized spacial score (nSPS) is 26.2. The highest BCUT2D eigenvalue weighted by molar-refractivity contribution is 7.84. The maximum atomic E-state index is 11.3. The molecule has 1 aromatic carbocycles. The molecule has 3 nitrogen and oxygen atoms in total. The minimum absolute atomic E-state index is 0.397. The summed E-state index contributed by atoms with van der Waals surface area (Å²) in [5, 5.41) is 3.64. The van der Waals surface area contributed by atoms with E-state index in [0.29, 0.717) is 12.1 Å². The first-order chi connectivity index (χ1) is 9.20. The summed E-state index contributed by atoms with van der Waals surface area (Å²) < 4.78 is 11.3. The zero-order valence-corrected chi connectivity index (χ0v) is 12.7. The van der Waals surface area contributed by atoms with Crippen molar-refractivity contribution in [2.24, 2.45) is 0 Å². The molecule has 2 rings (SSSR count). The molecular weight excluding hydrogens is 256 g/mol. The predicted octanol–water partition coefficient (Wildman–Crippen LogP) is 1.79. The van der Waals surface area contributed by atoms with Gasteiger partial charge in [-0.3, -0.25) is 9.11 Å². The van der Waals surface area contributed by atoms with Crippen molar-refractivity contribution in [3.63, 3.8) is 0 Å². The third-order valence-electron chi connectivity index (χ3n) is 3.87. The van der Waals surface area contributed by atoms with Gasteiger partial charge >= 0.3 is 0 Å². The number of hydrogen-bond donors (Lipinski definition) is 1. The summed E-state index contributed by atoms with van der Waals surface area (Å²) in [5.74, 6) is 0.776. The zero-order chi connectivity index (χ0) is 13.7. The Hall–Kier alpha value is -0.710. The van der Waals surface area contributed by atoms with Crippen LogP contribution >= 0.6 is 0 Å². The van der Waals surface area contributed by atoms with Crippen molar-refractivity contribution >= 4 is 10.8 Å². The molecule has 1 saturated heterocycles. The lowest BCUT2D eigenvalue weighted by Crippen LogP contribution is -2.53. The monoisotopic (exact) mass is 280 g/mol. The molecule has 1 aliphatic rings. The van der Waals surface area contributed by atoms with Crippen molar-refractivity contribution in [3.05, 3.63) is 35.9 Å². The molecule has 1 fully saturated rings. The van der Waals surface area contributed by atoms with E-state index in [2.05, 4.69) is 47.5 Å². The van der Waals surface area contributed by atoms with Crippen molar-refractivity contribution in [2.75, 3.05) is 31.6 Å². The van der Waals surface area contributed by atoms with Crippen molar-refractivity contribution in [1.82, 2.24) is 10.2 Å². The van der Waals surface area contributed by atoms with Gasteiger partial charge in [-0.1, -0.05) is 37.3 Å². The Labute approximate surface area is 118 Å². The van der Waals surface area contributed by atoms with E-state index in [1.165, 1.54) is 5.56 Å². The number of benzene rings is 1. The Balaban J connectivity index is 2.01. The van der Waals surface area contributed by atoms with Gasteiger partial charge in [-0.15, -0.1) is 0 Å². The summed E-state index contributed by atoms with van der Waals surface area (Å²) in [6, 6.07) is 11.6. The molecule has 3 unspecified atom stereocenters. The number of rotatable bonds is 5. The summed E-state index contributed by atoms with van der Waals surface area (Å²) in [7, 11) is -0.702. The second-order valence-corrected chi connectivity index (χ2v) is 6.76. The van der Waals surface area contributed by atoms with Crippen LogP contribution in [0.1, 0.15) is 24.9 Å². The molecule has 1 N–H and O–H groups in total. The SMILES string of the molecule is CCC1CNC(c2ccccc2)CN1CCS(C)=O. The average molecular weight is 280 g/mol. The van der Waals surface area contributed by atoms with E-state index in [4.69, 9.17) is 0 Å². The largest absolute Gasteiger partial charge is 0.307 e. The van der Waals surface area contributed by atoms with Crippen LogP contribution in [0, 0.1) is 0 Å². The Morgan fingerprint density at radius 2 is 2.11 bits per heavy atom. The Kier molecular flexibility index (Phi) is 5.55. The first-order valence-corrected chi connectivity index (χ1v) is 8.75. The van der Waals surface area contributed by atoms with Gasteiger partial charge < -0.3 is 5.32 Å². The van der Waals surface area contributed by atoms with Gasteiger partial charge in [0.15, 0.2) is 0 Å². The zero-order valence-electron chi connectivity index (χ0n) is 11.8. The van der Waals surface area contributed by atoms with Crippen molar-refractivity contribution < 1.29 is 4.21 Å². The average Bonchev–Trinajstić information content (AvgIpc) is 2.45. The van der Waals surface area contributed by atoms with E-state index >= 15 is 0 Å². The summed E-state index contributed by atoms with van der Waals surface area (Å²) in [4.78, 5) is 2.50. The molecule has 0 amide bonds. The minimum Gasteiger partial charge on any atom is -0.307 e. The fourth-order valence-electron chi connectivity index (χ4n) is 2.69. The van der Waals surface area contributed by atoms with Crippen molar-refractivity contribution in [1.29, 1.82) is 0 Å². The number of nitrogens with one attached hydrogen (secondary N) is 1. The van der Waals surface area contributed by atoms with Gasteiger partial charge in [0.1, 0.15) is 0 Å². The van der Waals surface area contributed by atoms with E-state index in [1.54, 1.807) is 6.26 Å². The first kappa shape index (κ1) is 14.7. The van der Waals surface area contributed by atoms with Gasteiger partial charge in [0.25, 0.3) is 0 Å². The smallest absolute Gasteiger partial charge is 0.0449 e. The molecule has 19 heavy (non-hydrogen) atoms. The molecule has 1 aromatic rings. The molecule has 0 aliphatic carbocycles. The van der Waals surface area contributed by atoms with Gasteiger partial charge in [-0.2, -0.15) is 0 Å². The minimum atomic E-state index is -0.702. The van der Waals surface area contributed by atoms with E-state index in [0.717, 1.165) is 31.8 Å². The second-order valence-electron chi connectivity index (χ2n) is 5.21. The third kappa shape index (κ3) is 4.13. The van der Waals surface area contributed by atoms with Crippen molar-refractivity contribution in [3.8, 4) is 0 Å². The maximum Gasteiger partial charge on any atom is 0.0449 e. The number of piperazine rings is 1. The van der Waals surface area contributed by atoms with Crippen LogP contribution in [0.4, 0.5) is 0 Å². The van der Waals surface area contributed by atoms with Gasteiger partial charge in [-0.25, -0.2) is 0 Å². The molecule has 0 bridgehead atoms. The van der Waals surface area contributed by atoms with E-state index in [1.807, 2.05) is 0 Å². The van der Waals surface area contributed by atoms with E-state index in [-0.39, 0.29) is 0 Å². The van der Waals surface area contributed by atoms with Crippen molar-refractivity contribution in [2.45, 2.75) is 25.4 Å². The standard InChI is InChI=1S/C15H24N2OS/c1-3-14-11-16-15(13-7-5-4-6-8-13)12-17(14)9-10-19(2)18/h4-8,14-16H,3,9-12H2,1-2H3. The van der Waals surface area contributed by atoms with Gasteiger partial charge in [0, 0.05) is 54.5 Å². The molecule has 0 radical (unpaired) electrons. The number of hydrogen-bond acceptors (Lipinski definition) is 3. The Bertz CT molecular complexity index is 410. The third-order valence-corrected chi connectivity index (χ3v) is 4.63. The molecule has 0 spiro atoms. The lowest BCUT2D eigenvalue weighted by molar-refractivity contribution is 0.135. The molecule has 1 heterocycles. The Morgan fingerprint density at radius 3 is 2.74 bits per heavy atom. The van der Waals surface area contributed by atoms with Gasteiger partial charge in [-0.05, 0) is 12.0 Å². The summed E-state index contributed by atoms with van der Waals surface area (Å²) in [5.41, 5.74) is 1.35. The lowest BCUT2D eigenvalue weighted by Gasteiger charge is -2.40. The highest BCUT2D eigenvalue weighted by Crippen LogP contribution is 2.20. The predicted molar refractivity (Wildman–Crippen MR) is 81.8 cm³/mol. The highest BCUT2D eigenvalue weighted by Gasteiger charge is 2.27. The molecular formula is C15H24N2OS. The molecule has 106 valence electrons. The lowest BCUT2D eigenvalue weighted by atomic mass is 10.0. The summed E-state index contributed by atoms with van der Waals surface area (Å²) in [6.07, 6.45) is 2.93.